The molecule has 1 aromatic carbocycles. The van der Waals surface area contributed by atoms with Crippen LogP contribution in [0.1, 0.15) is 18.4 Å². The van der Waals surface area contributed by atoms with Crippen molar-refractivity contribution in [1.29, 1.82) is 0 Å². The van der Waals surface area contributed by atoms with Crippen molar-refractivity contribution >= 4 is 21.8 Å². The van der Waals surface area contributed by atoms with Crippen molar-refractivity contribution in [2.24, 2.45) is 0 Å². The van der Waals surface area contributed by atoms with Gasteiger partial charge >= 0.3 is 0 Å². The van der Waals surface area contributed by atoms with E-state index in [0.717, 1.165) is 11.0 Å². The van der Waals surface area contributed by atoms with Crippen molar-refractivity contribution in [3.63, 3.8) is 0 Å². The van der Waals surface area contributed by atoms with Gasteiger partial charge in [-0.15, -0.1) is 0 Å². The van der Waals surface area contributed by atoms with Crippen LogP contribution in [-0.2, 0) is 11.3 Å². The molecular weight excluding hydrogens is 320 g/mol. The van der Waals surface area contributed by atoms with Gasteiger partial charge in [-0.2, -0.15) is 0 Å². The smallest absolute Gasteiger partial charge is 0.236 e. The van der Waals surface area contributed by atoms with Gasteiger partial charge in [0.25, 0.3) is 0 Å². The first-order chi connectivity index (χ1) is 9.54. The number of benzene rings is 1. The van der Waals surface area contributed by atoms with Crippen molar-refractivity contribution < 1.29 is 9.90 Å². The summed E-state index contributed by atoms with van der Waals surface area (Å²) in [6.45, 7) is 2.53. The summed E-state index contributed by atoms with van der Waals surface area (Å²) in [4.78, 5) is 16.0. The van der Waals surface area contributed by atoms with Crippen molar-refractivity contribution in [2.45, 2.75) is 25.5 Å². The average Bonchev–Trinajstić information content (AvgIpc) is 2.42. The number of aliphatic hydroxyl groups is 1. The zero-order chi connectivity index (χ0) is 14.5. The maximum Gasteiger partial charge on any atom is 0.236 e. The highest BCUT2D eigenvalue weighted by atomic mass is 79.9. The summed E-state index contributed by atoms with van der Waals surface area (Å²) in [5.74, 6) is 0.150. The number of hydrogen-bond acceptors (Lipinski definition) is 3. The molecule has 1 saturated heterocycles. The fraction of sp³-hybridized carbons (Fsp3) is 0.533. The molecule has 1 N–H and O–H groups in total. The molecule has 1 aliphatic heterocycles. The van der Waals surface area contributed by atoms with E-state index in [1.54, 1.807) is 0 Å². The Hall–Kier alpha value is -0.910. The second kappa shape index (κ2) is 7.20. The third-order valence-electron chi connectivity index (χ3n) is 3.59. The first kappa shape index (κ1) is 15.5. The number of aliphatic hydroxyl groups excluding tert-OH is 1. The van der Waals surface area contributed by atoms with Crippen LogP contribution in [0.3, 0.4) is 0 Å². The fourth-order valence-electron chi connectivity index (χ4n) is 2.40. The Labute approximate surface area is 128 Å². The van der Waals surface area contributed by atoms with Gasteiger partial charge < -0.3 is 10.0 Å². The van der Waals surface area contributed by atoms with Gasteiger partial charge in [0.2, 0.25) is 5.91 Å². The average molecular weight is 341 g/mol. The first-order valence-corrected chi connectivity index (χ1v) is 7.73. The topological polar surface area (TPSA) is 43.8 Å². The van der Waals surface area contributed by atoms with Gasteiger partial charge in [-0.1, -0.05) is 28.1 Å². The normalized spacial score (nSPS) is 16.7. The number of rotatable bonds is 4. The molecule has 1 fully saturated rings. The SMILES string of the molecule is CN(CC(=O)N1CCC(O)CC1)Cc1ccc(Br)cc1. The number of likely N-dealkylation sites (N-methyl/N-ethyl adjacent to an activating group) is 1. The van der Waals surface area contributed by atoms with E-state index in [2.05, 4.69) is 28.1 Å². The summed E-state index contributed by atoms with van der Waals surface area (Å²) < 4.78 is 1.06. The van der Waals surface area contributed by atoms with Crippen LogP contribution in [0, 0.1) is 0 Å². The standard InChI is InChI=1S/C15H21BrN2O2/c1-17(10-12-2-4-13(16)5-3-12)11-15(20)18-8-6-14(19)7-9-18/h2-5,14,19H,6-11H2,1H3. The molecule has 1 aromatic rings. The molecule has 0 radical (unpaired) electrons. The molecule has 5 heteroatoms. The van der Waals surface area contributed by atoms with E-state index in [9.17, 15) is 9.90 Å². The third-order valence-corrected chi connectivity index (χ3v) is 4.12. The van der Waals surface area contributed by atoms with E-state index in [1.165, 1.54) is 5.56 Å². The number of nitrogens with zero attached hydrogens (tertiary/aromatic N) is 2. The van der Waals surface area contributed by atoms with Gasteiger partial charge in [0.05, 0.1) is 12.6 Å². The summed E-state index contributed by atoms with van der Waals surface area (Å²) in [6, 6.07) is 8.14. The predicted octanol–water partition coefficient (Wildman–Crippen LogP) is 1.86. The second-order valence-electron chi connectivity index (χ2n) is 5.41. The highest BCUT2D eigenvalue weighted by Crippen LogP contribution is 2.13. The maximum atomic E-state index is 12.2. The van der Waals surface area contributed by atoms with E-state index < -0.39 is 0 Å². The predicted molar refractivity (Wildman–Crippen MR) is 82.3 cm³/mol. The van der Waals surface area contributed by atoms with Gasteiger partial charge in [0.1, 0.15) is 0 Å². The summed E-state index contributed by atoms with van der Waals surface area (Å²) >= 11 is 3.41. The van der Waals surface area contributed by atoms with E-state index in [-0.39, 0.29) is 12.0 Å². The first-order valence-electron chi connectivity index (χ1n) is 6.93. The highest BCUT2D eigenvalue weighted by molar-refractivity contribution is 9.10. The largest absolute Gasteiger partial charge is 0.393 e. The molecule has 0 unspecified atom stereocenters. The van der Waals surface area contributed by atoms with Gasteiger partial charge in [-0.05, 0) is 37.6 Å². The summed E-state index contributed by atoms with van der Waals surface area (Å²) in [7, 11) is 1.96. The van der Waals surface area contributed by atoms with Crippen LogP contribution in [0.2, 0.25) is 0 Å². The van der Waals surface area contributed by atoms with Gasteiger partial charge in [0.15, 0.2) is 0 Å². The Morgan fingerprint density at radius 3 is 2.55 bits per heavy atom. The van der Waals surface area contributed by atoms with Gasteiger partial charge in [-0.3, -0.25) is 9.69 Å². The van der Waals surface area contributed by atoms with Gasteiger partial charge in [-0.25, -0.2) is 0 Å². The van der Waals surface area contributed by atoms with Crippen LogP contribution in [-0.4, -0.2) is 53.6 Å². The minimum absolute atomic E-state index is 0.150. The maximum absolute atomic E-state index is 12.2. The second-order valence-corrected chi connectivity index (χ2v) is 6.33. The van der Waals surface area contributed by atoms with Crippen LogP contribution in [0.15, 0.2) is 28.7 Å². The molecular formula is C15H21BrN2O2. The molecule has 2 rings (SSSR count). The zero-order valence-electron chi connectivity index (χ0n) is 11.8. The van der Waals surface area contributed by atoms with E-state index in [1.807, 2.05) is 29.0 Å². The van der Waals surface area contributed by atoms with Gasteiger partial charge in [0, 0.05) is 24.1 Å². The minimum Gasteiger partial charge on any atom is -0.393 e. The molecule has 1 heterocycles. The van der Waals surface area contributed by atoms with Crippen molar-refractivity contribution in [3.05, 3.63) is 34.3 Å². The molecule has 0 aromatic heterocycles. The summed E-state index contributed by atoms with van der Waals surface area (Å²) in [5.41, 5.74) is 1.19. The summed E-state index contributed by atoms with van der Waals surface area (Å²) in [5, 5.41) is 9.46. The van der Waals surface area contributed by atoms with Crippen LogP contribution in [0.25, 0.3) is 0 Å². The van der Waals surface area contributed by atoms with E-state index >= 15 is 0 Å². The number of halogens is 1. The molecule has 0 spiro atoms. The zero-order valence-corrected chi connectivity index (χ0v) is 13.3. The van der Waals surface area contributed by atoms with Crippen LogP contribution in [0.5, 0.6) is 0 Å². The molecule has 0 atom stereocenters. The Balaban J connectivity index is 1.80. The van der Waals surface area contributed by atoms with Crippen molar-refractivity contribution in [3.8, 4) is 0 Å². The lowest BCUT2D eigenvalue weighted by Crippen LogP contribution is -2.44. The number of amides is 1. The van der Waals surface area contributed by atoms with E-state index in [4.69, 9.17) is 0 Å². The number of carbonyl (C=O) groups excluding carboxylic acids is 1. The van der Waals surface area contributed by atoms with Crippen molar-refractivity contribution in [1.82, 2.24) is 9.80 Å². The molecule has 110 valence electrons. The number of carbonyl (C=O) groups is 1. The van der Waals surface area contributed by atoms with Crippen LogP contribution in [0.4, 0.5) is 0 Å². The lowest BCUT2D eigenvalue weighted by molar-refractivity contribution is -0.134. The number of likely N-dealkylation sites (tertiary alicyclic amines) is 1. The number of piperidine rings is 1. The molecule has 0 aliphatic carbocycles. The van der Waals surface area contributed by atoms with Crippen molar-refractivity contribution in [2.75, 3.05) is 26.7 Å². The summed E-state index contributed by atoms with van der Waals surface area (Å²) in [6.07, 6.45) is 1.16. The molecule has 0 saturated carbocycles. The molecule has 0 bridgehead atoms. The van der Waals surface area contributed by atoms with Crippen LogP contribution < -0.4 is 0 Å². The Kier molecular flexibility index (Phi) is 5.57. The monoisotopic (exact) mass is 340 g/mol. The fourth-order valence-corrected chi connectivity index (χ4v) is 2.67. The Bertz CT molecular complexity index is 442. The highest BCUT2D eigenvalue weighted by Gasteiger charge is 2.21. The lowest BCUT2D eigenvalue weighted by Gasteiger charge is -2.31. The number of hydrogen-bond donors (Lipinski definition) is 1. The van der Waals surface area contributed by atoms with E-state index in [0.29, 0.717) is 32.5 Å². The van der Waals surface area contributed by atoms with Crippen LogP contribution >= 0.6 is 15.9 Å². The third kappa shape index (κ3) is 4.58. The molecule has 4 nitrogen and oxygen atoms in total. The minimum atomic E-state index is -0.237. The molecule has 1 aliphatic rings. The quantitative estimate of drug-likeness (QED) is 0.909. The lowest BCUT2D eigenvalue weighted by atomic mass is 10.1. The molecule has 20 heavy (non-hydrogen) atoms. The Morgan fingerprint density at radius 2 is 1.95 bits per heavy atom. The Morgan fingerprint density at radius 1 is 1.35 bits per heavy atom. The molecule has 1 amide bonds.